The number of ether oxygens (including phenoxy) is 3. The van der Waals surface area contributed by atoms with Crippen LogP contribution in [-0.4, -0.2) is 73.5 Å². The minimum Gasteiger partial charge on any atom is -0.486 e. The molecule has 2 unspecified atom stereocenters. The van der Waals surface area contributed by atoms with Gasteiger partial charge in [-0.1, -0.05) is 19.9 Å². The van der Waals surface area contributed by atoms with Gasteiger partial charge in [-0.05, 0) is 61.9 Å². The van der Waals surface area contributed by atoms with Gasteiger partial charge >= 0.3 is 0 Å². The first-order chi connectivity index (χ1) is 22.0. The second kappa shape index (κ2) is 13.9. The number of benzene rings is 2. The number of nitrogens with one attached hydrogen (secondary N) is 2. The molecule has 0 bridgehead atoms. The number of primary amides is 1. The molecule has 13 heteroatoms. The van der Waals surface area contributed by atoms with Crippen LogP contribution in [0.5, 0.6) is 17.2 Å². The Balaban J connectivity index is 1.25. The number of carbonyl (C=O) groups is 4. The summed E-state index contributed by atoms with van der Waals surface area (Å²) in [7, 11) is 0. The zero-order valence-electron chi connectivity index (χ0n) is 26.1. The Morgan fingerprint density at radius 3 is 2.57 bits per heavy atom. The molecule has 0 aliphatic carbocycles. The van der Waals surface area contributed by atoms with Gasteiger partial charge in [-0.2, -0.15) is 0 Å². The highest BCUT2D eigenvalue weighted by atomic mass is 16.6. The number of carbonyl (C=O) groups excluding carboxylic acids is 4. The molecule has 3 aromatic rings. The van der Waals surface area contributed by atoms with E-state index in [1.165, 1.54) is 4.90 Å². The smallest absolute Gasteiger partial charge is 0.261 e. The molecule has 2 aliphatic rings. The lowest BCUT2D eigenvalue weighted by molar-refractivity contribution is -0.141. The average Bonchev–Trinajstić information content (AvgIpc) is 3.52. The van der Waals surface area contributed by atoms with Crippen molar-refractivity contribution in [2.24, 2.45) is 11.7 Å². The van der Waals surface area contributed by atoms with E-state index in [1.54, 1.807) is 43.3 Å². The van der Waals surface area contributed by atoms with Crippen molar-refractivity contribution < 1.29 is 37.8 Å². The second-order valence-electron chi connectivity index (χ2n) is 11.8. The Labute approximate surface area is 265 Å². The number of aryl methyl sites for hydroxylation is 1. The van der Waals surface area contributed by atoms with Crippen LogP contribution in [0.2, 0.25) is 0 Å². The molecule has 0 spiro atoms. The van der Waals surface area contributed by atoms with Gasteiger partial charge in [0.25, 0.3) is 5.91 Å². The first kappa shape index (κ1) is 32.3. The van der Waals surface area contributed by atoms with Crippen molar-refractivity contribution in [1.29, 1.82) is 0 Å². The highest BCUT2D eigenvalue weighted by molar-refractivity contribution is 5.94. The van der Waals surface area contributed by atoms with Crippen molar-refractivity contribution in [3.05, 3.63) is 52.4 Å². The van der Waals surface area contributed by atoms with Gasteiger partial charge in [0.2, 0.25) is 23.2 Å². The first-order valence-corrected chi connectivity index (χ1v) is 15.3. The van der Waals surface area contributed by atoms with Crippen LogP contribution in [-0.2, 0) is 19.2 Å². The van der Waals surface area contributed by atoms with E-state index in [-0.39, 0.29) is 24.5 Å². The monoisotopic (exact) mass is 634 g/mol. The van der Waals surface area contributed by atoms with E-state index in [4.69, 9.17) is 24.4 Å². The average molecular weight is 635 g/mol. The Morgan fingerprint density at radius 2 is 1.83 bits per heavy atom. The molecule has 46 heavy (non-hydrogen) atoms. The predicted molar refractivity (Wildman–Crippen MR) is 167 cm³/mol. The quantitative estimate of drug-likeness (QED) is 0.285. The normalized spacial score (nSPS) is 16.3. The van der Waals surface area contributed by atoms with Crippen LogP contribution >= 0.6 is 0 Å². The third-order valence-corrected chi connectivity index (χ3v) is 7.89. The number of nitrogens with two attached hydrogens (primary N) is 1. The van der Waals surface area contributed by atoms with Crippen LogP contribution in [0.3, 0.4) is 0 Å². The van der Waals surface area contributed by atoms with Crippen LogP contribution < -0.4 is 36.0 Å². The molecule has 1 fully saturated rings. The van der Waals surface area contributed by atoms with E-state index in [0.29, 0.717) is 84.1 Å². The van der Waals surface area contributed by atoms with Gasteiger partial charge in [0.1, 0.15) is 42.4 Å². The summed E-state index contributed by atoms with van der Waals surface area (Å²) in [5, 5.41) is 5.52. The molecular weight excluding hydrogens is 596 g/mol. The molecule has 5 rings (SSSR count). The highest BCUT2D eigenvalue weighted by Crippen LogP contribution is 2.35. The SMILES string of the molecule is Cc1oc2cc(OCC(=O)N3CCCC3C(=O)NC(CC(C)C)C(=O)NCC(N)=O)ccc2c(=O)c1-c1ccc2c(c1)OCCO2. The summed E-state index contributed by atoms with van der Waals surface area (Å²) in [5.41, 5.74) is 6.27. The van der Waals surface area contributed by atoms with Crippen molar-refractivity contribution in [3.8, 4) is 28.4 Å². The molecule has 244 valence electrons. The fourth-order valence-corrected chi connectivity index (χ4v) is 5.74. The predicted octanol–water partition coefficient (Wildman–Crippen LogP) is 2.04. The molecule has 3 heterocycles. The summed E-state index contributed by atoms with van der Waals surface area (Å²) in [5.74, 6) is -0.0760. The maximum absolute atomic E-state index is 13.5. The molecule has 0 radical (unpaired) electrons. The van der Waals surface area contributed by atoms with Crippen molar-refractivity contribution in [2.45, 2.75) is 52.1 Å². The van der Waals surface area contributed by atoms with Gasteiger partial charge < -0.3 is 39.9 Å². The van der Waals surface area contributed by atoms with E-state index >= 15 is 0 Å². The number of hydrogen-bond acceptors (Lipinski definition) is 9. The molecule has 2 aromatic carbocycles. The topological polar surface area (TPSA) is 179 Å². The van der Waals surface area contributed by atoms with E-state index in [0.717, 1.165) is 0 Å². The van der Waals surface area contributed by atoms with Gasteiger partial charge in [0.15, 0.2) is 18.1 Å². The minimum absolute atomic E-state index is 0.0781. The third kappa shape index (κ3) is 7.24. The fraction of sp³-hybridized carbons (Fsp3) is 0.424. The van der Waals surface area contributed by atoms with Crippen LogP contribution in [0, 0.1) is 12.8 Å². The lowest BCUT2D eigenvalue weighted by atomic mass is 10.0. The maximum atomic E-state index is 13.5. The standard InChI is InChI=1S/C33H38N4O9/c1-18(2)13-23(32(41)35-16-28(34)38)36-33(42)24-5-4-10-37(24)29(39)17-45-21-7-8-22-26(15-21)46-19(3)30(31(22)40)20-6-9-25-27(14-20)44-12-11-43-25/h6-9,14-15,18,23-24H,4-5,10-13,16-17H2,1-3H3,(H2,34,38)(H,35,41)(H,36,42). The third-order valence-electron chi connectivity index (χ3n) is 7.89. The van der Waals surface area contributed by atoms with E-state index in [2.05, 4.69) is 10.6 Å². The first-order valence-electron chi connectivity index (χ1n) is 15.3. The molecule has 2 aliphatic heterocycles. The second-order valence-corrected chi connectivity index (χ2v) is 11.8. The van der Waals surface area contributed by atoms with Gasteiger partial charge in [0, 0.05) is 12.6 Å². The van der Waals surface area contributed by atoms with Crippen LogP contribution in [0.15, 0.2) is 45.6 Å². The number of amides is 4. The molecule has 1 aromatic heterocycles. The molecule has 4 N–H and O–H groups in total. The Bertz CT molecular complexity index is 1720. The highest BCUT2D eigenvalue weighted by Gasteiger charge is 2.36. The largest absolute Gasteiger partial charge is 0.486 e. The minimum atomic E-state index is -0.883. The number of likely N-dealkylation sites (tertiary alicyclic amines) is 1. The molecule has 4 amide bonds. The van der Waals surface area contributed by atoms with E-state index in [9.17, 15) is 24.0 Å². The van der Waals surface area contributed by atoms with Gasteiger partial charge in [-0.3, -0.25) is 24.0 Å². The molecule has 13 nitrogen and oxygen atoms in total. The fourth-order valence-electron chi connectivity index (χ4n) is 5.74. The molecule has 1 saturated heterocycles. The lowest BCUT2D eigenvalue weighted by Gasteiger charge is -2.27. The van der Waals surface area contributed by atoms with Crippen LogP contribution in [0.25, 0.3) is 22.1 Å². The summed E-state index contributed by atoms with van der Waals surface area (Å²) < 4.78 is 23.1. The zero-order chi connectivity index (χ0) is 33.0. The van der Waals surface area contributed by atoms with E-state index in [1.807, 2.05) is 13.8 Å². The maximum Gasteiger partial charge on any atom is 0.261 e. The zero-order valence-corrected chi connectivity index (χ0v) is 26.1. The number of fused-ring (bicyclic) bond motifs is 2. The number of rotatable bonds is 11. The van der Waals surface area contributed by atoms with Gasteiger partial charge in [-0.25, -0.2) is 0 Å². The lowest BCUT2D eigenvalue weighted by Crippen LogP contribution is -2.54. The Hall–Kier alpha value is -5.07. The molecule has 2 atom stereocenters. The number of nitrogens with zero attached hydrogens (tertiary/aromatic N) is 1. The van der Waals surface area contributed by atoms with Gasteiger partial charge in [-0.15, -0.1) is 0 Å². The van der Waals surface area contributed by atoms with E-state index < -0.39 is 35.7 Å². The molecule has 0 saturated carbocycles. The van der Waals surface area contributed by atoms with Crippen LogP contribution in [0.1, 0.15) is 38.9 Å². The summed E-state index contributed by atoms with van der Waals surface area (Å²) in [4.78, 5) is 65.0. The molecular formula is C33H38N4O9. The summed E-state index contributed by atoms with van der Waals surface area (Å²) in [6.45, 7) is 6.08. The van der Waals surface area contributed by atoms with Gasteiger partial charge in [0.05, 0.1) is 17.5 Å². The van der Waals surface area contributed by atoms with Crippen LogP contribution in [0.4, 0.5) is 0 Å². The van der Waals surface area contributed by atoms with Crippen molar-refractivity contribution in [2.75, 3.05) is 32.9 Å². The summed E-state index contributed by atoms with van der Waals surface area (Å²) >= 11 is 0. The van der Waals surface area contributed by atoms with Crippen molar-refractivity contribution in [3.63, 3.8) is 0 Å². The summed E-state index contributed by atoms with van der Waals surface area (Å²) in [6.07, 6.45) is 1.38. The van der Waals surface area contributed by atoms with Crippen molar-refractivity contribution >= 4 is 34.6 Å². The Morgan fingerprint density at radius 1 is 1.07 bits per heavy atom. The summed E-state index contributed by atoms with van der Waals surface area (Å²) in [6, 6.07) is 8.39. The number of hydrogen-bond donors (Lipinski definition) is 3. The Kier molecular flexibility index (Phi) is 9.78. The van der Waals surface area contributed by atoms with Crippen molar-refractivity contribution in [1.82, 2.24) is 15.5 Å².